The maximum absolute atomic E-state index is 12.4. The van der Waals surface area contributed by atoms with Crippen LogP contribution in [0, 0.1) is 0 Å². The van der Waals surface area contributed by atoms with Gasteiger partial charge >= 0.3 is 0 Å². The van der Waals surface area contributed by atoms with Gasteiger partial charge in [-0.2, -0.15) is 4.99 Å². The summed E-state index contributed by atoms with van der Waals surface area (Å²) in [6.07, 6.45) is 0.314. The van der Waals surface area contributed by atoms with Crippen LogP contribution in [0.15, 0.2) is 58.4 Å². The second kappa shape index (κ2) is 8.06. The van der Waals surface area contributed by atoms with Gasteiger partial charge in [0.25, 0.3) is 0 Å². The van der Waals surface area contributed by atoms with Crippen molar-refractivity contribution in [3.8, 4) is 5.75 Å². The van der Waals surface area contributed by atoms with Crippen molar-refractivity contribution in [2.24, 2.45) is 12.0 Å². The van der Waals surface area contributed by atoms with Crippen LogP contribution in [0.2, 0.25) is 0 Å². The number of rotatable bonds is 6. The van der Waals surface area contributed by atoms with Crippen LogP contribution in [-0.4, -0.2) is 31.8 Å². The fourth-order valence-electron chi connectivity index (χ4n) is 2.67. The Morgan fingerprint density at radius 1 is 1.15 bits per heavy atom. The number of sulfone groups is 1. The standard InChI is InChI=1S/C19H20N2O4S2/c1-21-16-6-3-4-7-17(16)26-19(21)20-18(22)8-5-13-27(23,24)15-11-9-14(25-2)10-12-15/h3-4,6-7,9-12H,5,8,13H2,1-2H3. The number of aromatic nitrogens is 1. The average Bonchev–Trinajstić information content (AvgIpc) is 2.97. The van der Waals surface area contributed by atoms with E-state index in [-0.39, 0.29) is 29.4 Å². The number of aryl methyl sites for hydroxylation is 1. The SMILES string of the molecule is COc1ccc(S(=O)(=O)CCCC(=O)N=c2sc3ccccc3n2C)cc1. The Labute approximate surface area is 161 Å². The molecule has 3 aromatic rings. The molecular formula is C19H20N2O4S2. The van der Waals surface area contributed by atoms with E-state index in [1.54, 1.807) is 12.1 Å². The third kappa shape index (κ3) is 4.45. The zero-order valence-corrected chi connectivity index (χ0v) is 16.7. The number of methoxy groups -OCH3 is 1. The first-order valence-electron chi connectivity index (χ1n) is 8.39. The minimum Gasteiger partial charge on any atom is -0.497 e. The van der Waals surface area contributed by atoms with E-state index in [0.717, 1.165) is 10.2 Å². The smallest absolute Gasteiger partial charge is 0.248 e. The summed E-state index contributed by atoms with van der Waals surface area (Å²) in [6.45, 7) is 0. The number of carbonyl (C=O) groups is 1. The monoisotopic (exact) mass is 404 g/mol. The van der Waals surface area contributed by atoms with Crippen LogP contribution in [0.5, 0.6) is 5.75 Å². The van der Waals surface area contributed by atoms with Crippen molar-refractivity contribution in [3.05, 3.63) is 53.3 Å². The fraction of sp³-hybridized carbons (Fsp3) is 0.263. The Bertz CT molecular complexity index is 1130. The number of nitrogens with zero attached hydrogens (tertiary/aromatic N) is 2. The summed E-state index contributed by atoms with van der Waals surface area (Å²) in [4.78, 5) is 17.1. The number of fused-ring (bicyclic) bond motifs is 1. The van der Waals surface area contributed by atoms with Gasteiger partial charge in [-0.3, -0.25) is 4.79 Å². The van der Waals surface area contributed by atoms with Gasteiger partial charge < -0.3 is 9.30 Å². The number of amides is 1. The lowest BCUT2D eigenvalue weighted by molar-refractivity contribution is -0.118. The fourth-order valence-corrected chi connectivity index (χ4v) is 5.01. The summed E-state index contributed by atoms with van der Waals surface area (Å²) in [7, 11) is -0.0513. The molecule has 142 valence electrons. The second-order valence-electron chi connectivity index (χ2n) is 6.01. The molecule has 0 fully saturated rings. The maximum Gasteiger partial charge on any atom is 0.248 e. The number of benzene rings is 2. The molecule has 2 aromatic carbocycles. The Morgan fingerprint density at radius 2 is 1.85 bits per heavy atom. The predicted octanol–water partition coefficient (Wildman–Crippen LogP) is 2.93. The van der Waals surface area contributed by atoms with Gasteiger partial charge in [-0.1, -0.05) is 23.5 Å². The van der Waals surface area contributed by atoms with E-state index in [2.05, 4.69) is 4.99 Å². The maximum atomic E-state index is 12.4. The highest BCUT2D eigenvalue weighted by molar-refractivity contribution is 7.91. The van der Waals surface area contributed by atoms with Crippen LogP contribution in [0.4, 0.5) is 0 Å². The van der Waals surface area contributed by atoms with Crippen molar-refractivity contribution < 1.29 is 17.9 Å². The van der Waals surface area contributed by atoms with E-state index < -0.39 is 9.84 Å². The van der Waals surface area contributed by atoms with Crippen LogP contribution in [0.3, 0.4) is 0 Å². The van der Waals surface area contributed by atoms with Crippen LogP contribution in [-0.2, 0) is 21.7 Å². The molecule has 0 saturated carbocycles. The highest BCUT2D eigenvalue weighted by Gasteiger charge is 2.15. The third-order valence-corrected chi connectivity index (χ3v) is 7.09. The molecule has 0 aliphatic heterocycles. The molecule has 1 aromatic heterocycles. The number of carbonyl (C=O) groups excluding carboxylic acids is 1. The van der Waals surface area contributed by atoms with Crippen LogP contribution < -0.4 is 9.54 Å². The molecule has 0 aliphatic rings. The van der Waals surface area contributed by atoms with E-state index in [4.69, 9.17) is 4.74 Å². The van der Waals surface area contributed by atoms with Gasteiger partial charge in [0.1, 0.15) is 5.75 Å². The van der Waals surface area contributed by atoms with Gasteiger partial charge in [0.15, 0.2) is 14.6 Å². The van der Waals surface area contributed by atoms with E-state index in [1.165, 1.54) is 30.6 Å². The summed E-state index contributed by atoms with van der Waals surface area (Å²) < 4.78 is 32.7. The summed E-state index contributed by atoms with van der Waals surface area (Å²) in [5.41, 5.74) is 1.01. The first kappa shape index (κ1) is 19.3. The van der Waals surface area contributed by atoms with Gasteiger partial charge in [-0.15, -0.1) is 0 Å². The molecule has 1 heterocycles. The van der Waals surface area contributed by atoms with Crippen molar-refractivity contribution in [3.63, 3.8) is 0 Å². The lowest BCUT2D eigenvalue weighted by Gasteiger charge is -2.05. The number of hydrogen-bond acceptors (Lipinski definition) is 5. The topological polar surface area (TPSA) is 77.7 Å². The quantitative estimate of drug-likeness (QED) is 0.633. The first-order valence-corrected chi connectivity index (χ1v) is 10.9. The molecule has 0 N–H and O–H groups in total. The molecular weight excluding hydrogens is 384 g/mol. The predicted molar refractivity (Wildman–Crippen MR) is 106 cm³/mol. The number of thiazole rings is 1. The Kier molecular flexibility index (Phi) is 5.76. The zero-order valence-electron chi connectivity index (χ0n) is 15.1. The van der Waals surface area contributed by atoms with Crippen molar-refractivity contribution in [2.45, 2.75) is 17.7 Å². The minimum atomic E-state index is -3.43. The van der Waals surface area contributed by atoms with E-state index in [9.17, 15) is 13.2 Å². The van der Waals surface area contributed by atoms with Gasteiger partial charge in [0, 0.05) is 13.5 Å². The second-order valence-corrected chi connectivity index (χ2v) is 9.13. The molecule has 27 heavy (non-hydrogen) atoms. The van der Waals surface area contributed by atoms with Crippen molar-refractivity contribution in [1.29, 1.82) is 0 Å². The molecule has 6 nitrogen and oxygen atoms in total. The van der Waals surface area contributed by atoms with Crippen molar-refractivity contribution >= 4 is 37.3 Å². The number of para-hydroxylation sites is 1. The minimum absolute atomic E-state index is 0.0869. The number of ether oxygens (including phenoxy) is 1. The van der Waals surface area contributed by atoms with E-state index >= 15 is 0 Å². The normalized spacial score (nSPS) is 12.4. The lowest BCUT2D eigenvalue weighted by Crippen LogP contribution is -2.14. The highest BCUT2D eigenvalue weighted by atomic mass is 32.2. The van der Waals surface area contributed by atoms with Gasteiger partial charge in [0.2, 0.25) is 5.91 Å². The third-order valence-electron chi connectivity index (χ3n) is 4.16. The van der Waals surface area contributed by atoms with Gasteiger partial charge in [0.05, 0.1) is 28.0 Å². The molecule has 3 rings (SSSR count). The summed E-state index contributed by atoms with van der Waals surface area (Å²) in [5, 5.41) is 0. The number of hydrogen-bond donors (Lipinski definition) is 0. The molecule has 0 spiro atoms. The molecule has 0 saturated heterocycles. The Morgan fingerprint density at radius 3 is 2.52 bits per heavy atom. The van der Waals surface area contributed by atoms with Crippen LogP contribution >= 0.6 is 11.3 Å². The zero-order chi connectivity index (χ0) is 19.4. The molecule has 0 radical (unpaired) electrons. The molecule has 8 heteroatoms. The summed E-state index contributed by atoms with van der Waals surface area (Å²) in [6, 6.07) is 14.1. The molecule has 0 atom stereocenters. The van der Waals surface area contributed by atoms with Crippen molar-refractivity contribution in [2.75, 3.05) is 12.9 Å². The Balaban J connectivity index is 1.65. The first-order chi connectivity index (χ1) is 12.9. The molecule has 0 unspecified atom stereocenters. The largest absolute Gasteiger partial charge is 0.497 e. The average molecular weight is 405 g/mol. The van der Waals surface area contributed by atoms with Crippen LogP contribution in [0.1, 0.15) is 12.8 Å². The van der Waals surface area contributed by atoms with Gasteiger partial charge in [-0.25, -0.2) is 8.42 Å². The Hall–Kier alpha value is -2.45. The van der Waals surface area contributed by atoms with Crippen LogP contribution in [0.25, 0.3) is 10.2 Å². The lowest BCUT2D eigenvalue weighted by atomic mass is 10.3. The summed E-state index contributed by atoms with van der Waals surface area (Å²) in [5.74, 6) is 0.181. The highest BCUT2D eigenvalue weighted by Crippen LogP contribution is 2.18. The van der Waals surface area contributed by atoms with Crippen molar-refractivity contribution in [1.82, 2.24) is 4.57 Å². The van der Waals surface area contributed by atoms with E-state index in [0.29, 0.717) is 10.6 Å². The van der Waals surface area contributed by atoms with E-state index in [1.807, 2.05) is 35.9 Å². The molecule has 0 aliphatic carbocycles. The van der Waals surface area contributed by atoms with Gasteiger partial charge in [-0.05, 0) is 42.8 Å². The molecule has 1 amide bonds. The molecule has 0 bridgehead atoms. The summed E-state index contributed by atoms with van der Waals surface area (Å²) >= 11 is 1.44.